The third-order valence-corrected chi connectivity index (χ3v) is 4.48. The van der Waals surface area contributed by atoms with Gasteiger partial charge in [0.15, 0.2) is 5.71 Å². The molecule has 1 rings (SSSR count). The highest BCUT2D eigenvalue weighted by Gasteiger charge is 2.37. The molecule has 0 saturated heterocycles. The Balaban J connectivity index is 0.000000501. The van der Waals surface area contributed by atoms with Crippen LogP contribution in [-0.2, 0) is 10.1 Å². The lowest BCUT2D eigenvalue weighted by Gasteiger charge is -2.07. The second-order valence-corrected chi connectivity index (χ2v) is 7.65. The van der Waals surface area contributed by atoms with Gasteiger partial charge in [0.1, 0.15) is 0 Å². The van der Waals surface area contributed by atoms with Crippen molar-refractivity contribution in [3.8, 4) is 0 Å². The summed E-state index contributed by atoms with van der Waals surface area (Å²) in [4.78, 5) is 0. The summed E-state index contributed by atoms with van der Waals surface area (Å²) in [5.41, 5.74) is -1.44. The summed E-state index contributed by atoms with van der Waals surface area (Å²) < 4.78 is 65.5. The monoisotopic (exact) mass is 411 g/mol. The van der Waals surface area contributed by atoms with Gasteiger partial charge < -0.3 is 5.21 Å². The van der Waals surface area contributed by atoms with Gasteiger partial charge in [-0.15, -0.1) is 0 Å². The second kappa shape index (κ2) is 13.5. The minimum atomic E-state index is -4.63. The molecule has 0 atom stereocenters. The summed E-state index contributed by atoms with van der Waals surface area (Å²) in [6.07, 6.45) is 4.22. The van der Waals surface area contributed by atoms with Crippen LogP contribution >= 0.6 is 0 Å². The molecule has 0 fully saturated rings. The first-order chi connectivity index (χ1) is 12.6. The topological polar surface area (TPSA) is 87.0 Å². The van der Waals surface area contributed by atoms with Gasteiger partial charge in [-0.25, -0.2) is 0 Å². The lowest BCUT2D eigenvalue weighted by molar-refractivity contribution is -0.0601. The van der Waals surface area contributed by atoms with E-state index in [1.807, 2.05) is 0 Å². The highest BCUT2D eigenvalue weighted by Crippen LogP contribution is 2.22. The van der Waals surface area contributed by atoms with E-state index in [0.29, 0.717) is 6.42 Å². The van der Waals surface area contributed by atoms with Crippen molar-refractivity contribution in [1.82, 2.24) is 0 Å². The summed E-state index contributed by atoms with van der Waals surface area (Å²) >= 11 is 0. The molecule has 5 nitrogen and oxygen atoms in total. The summed E-state index contributed by atoms with van der Waals surface area (Å²) in [6, 6.07) is 6.90. The molecule has 1 aromatic rings. The Morgan fingerprint density at radius 2 is 1.44 bits per heavy atom. The zero-order chi connectivity index (χ0) is 20.8. The van der Waals surface area contributed by atoms with Crippen molar-refractivity contribution in [2.24, 2.45) is 5.16 Å². The molecule has 0 unspecified atom stereocenters. The predicted molar refractivity (Wildman–Crippen MR) is 99.8 cm³/mol. The van der Waals surface area contributed by atoms with E-state index >= 15 is 0 Å². The van der Waals surface area contributed by atoms with Crippen LogP contribution in [0.2, 0.25) is 0 Å². The molecule has 0 saturated carbocycles. The Bertz CT molecular complexity index is 632. The molecule has 0 aliphatic rings. The Labute approximate surface area is 159 Å². The van der Waals surface area contributed by atoms with Crippen molar-refractivity contribution in [3.63, 3.8) is 0 Å². The zero-order valence-electron chi connectivity index (χ0n) is 15.5. The van der Waals surface area contributed by atoms with Crippen LogP contribution in [0.25, 0.3) is 0 Å². The number of hydrogen-bond acceptors (Lipinski definition) is 4. The fraction of sp³-hybridized carbons (Fsp3) is 0.611. The van der Waals surface area contributed by atoms with Crippen LogP contribution in [-0.4, -0.2) is 35.8 Å². The third-order valence-electron chi connectivity index (χ3n) is 3.67. The Hall–Kier alpha value is -1.61. The molecule has 0 aromatic heterocycles. The van der Waals surface area contributed by atoms with Gasteiger partial charge in [0.2, 0.25) is 0 Å². The minimum absolute atomic E-state index is 0.0814. The fourth-order valence-electron chi connectivity index (χ4n) is 2.29. The molecule has 27 heavy (non-hydrogen) atoms. The highest BCUT2D eigenvalue weighted by atomic mass is 32.2. The average molecular weight is 411 g/mol. The summed E-state index contributed by atoms with van der Waals surface area (Å²) in [5, 5.41) is 10.4. The number of unbranched alkanes of at least 4 members (excludes halogenated alkanes) is 7. The maximum Gasteiger partial charge on any atom is 0.437 e. The van der Waals surface area contributed by atoms with Crippen LogP contribution < -0.4 is 0 Å². The van der Waals surface area contributed by atoms with Gasteiger partial charge in [-0.2, -0.15) is 21.6 Å². The quantitative estimate of drug-likeness (QED) is 0.176. The number of halogens is 3. The SMILES string of the molecule is CCCCCCCCCCS(=O)(=O)O.ON=C(c1ccccc1)C(F)(F)F. The van der Waals surface area contributed by atoms with Crippen LogP contribution in [0.15, 0.2) is 35.5 Å². The van der Waals surface area contributed by atoms with Crippen molar-refractivity contribution in [2.75, 3.05) is 5.75 Å². The van der Waals surface area contributed by atoms with Gasteiger partial charge in [0.25, 0.3) is 10.1 Å². The van der Waals surface area contributed by atoms with Crippen LogP contribution in [0.1, 0.15) is 63.9 Å². The summed E-state index contributed by atoms with van der Waals surface area (Å²) in [7, 11) is -3.73. The van der Waals surface area contributed by atoms with E-state index in [1.54, 1.807) is 6.07 Å². The molecule has 9 heteroatoms. The maximum atomic E-state index is 12.1. The molecule has 0 aliphatic carbocycles. The van der Waals surface area contributed by atoms with Crippen LogP contribution in [0.5, 0.6) is 0 Å². The van der Waals surface area contributed by atoms with E-state index in [9.17, 15) is 21.6 Å². The van der Waals surface area contributed by atoms with E-state index in [-0.39, 0.29) is 11.3 Å². The third kappa shape index (κ3) is 14.2. The van der Waals surface area contributed by atoms with Gasteiger partial charge in [-0.05, 0) is 6.42 Å². The fourth-order valence-corrected chi connectivity index (χ4v) is 2.86. The number of alkyl halides is 3. The van der Waals surface area contributed by atoms with E-state index in [0.717, 1.165) is 12.8 Å². The summed E-state index contributed by atoms with van der Waals surface area (Å²) in [6.45, 7) is 2.19. The molecular weight excluding hydrogens is 383 g/mol. The average Bonchev–Trinajstić information content (AvgIpc) is 2.57. The molecule has 1 aromatic carbocycles. The largest absolute Gasteiger partial charge is 0.437 e. The molecule has 0 aliphatic heterocycles. The zero-order valence-corrected chi connectivity index (χ0v) is 16.3. The molecule has 0 radical (unpaired) electrons. The van der Waals surface area contributed by atoms with E-state index < -0.39 is 22.0 Å². The molecule has 2 N–H and O–H groups in total. The summed E-state index contributed by atoms with van der Waals surface area (Å²) in [5.74, 6) is -0.0814. The van der Waals surface area contributed by atoms with Gasteiger partial charge >= 0.3 is 6.18 Å². The molecule has 156 valence electrons. The maximum absolute atomic E-state index is 12.1. The second-order valence-electron chi connectivity index (χ2n) is 6.07. The molecular formula is C18H28F3NO4S. The Kier molecular flexibility index (Phi) is 12.7. The predicted octanol–water partition coefficient (Wildman–Crippen LogP) is 5.44. The molecule has 0 spiro atoms. The van der Waals surface area contributed by atoms with E-state index in [2.05, 4.69) is 12.1 Å². The molecule has 0 amide bonds. The molecule has 0 heterocycles. The van der Waals surface area contributed by atoms with Crippen LogP contribution in [0, 0.1) is 0 Å². The van der Waals surface area contributed by atoms with Gasteiger partial charge in [-0.3, -0.25) is 4.55 Å². The van der Waals surface area contributed by atoms with Gasteiger partial charge in [-0.1, -0.05) is 87.4 Å². The van der Waals surface area contributed by atoms with Crippen molar-refractivity contribution in [3.05, 3.63) is 35.9 Å². The first-order valence-corrected chi connectivity index (χ1v) is 10.5. The van der Waals surface area contributed by atoms with Crippen LogP contribution in [0.3, 0.4) is 0 Å². The van der Waals surface area contributed by atoms with E-state index in [4.69, 9.17) is 9.76 Å². The van der Waals surface area contributed by atoms with Crippen LogP contribution in [0.4, 0.5) is 13.2 Å². The van der Waals surface area contributed by atoms with Crippen molar-refractivity contribution < 1.29 is 31.3 Å². The Morgan fingerprint density at radius 3 is 1.85 bits per heavy atom. The Morgan fingerprint density at radius 1 is 0.963 bits per heavy atom. The lowest BCUT2D eigenvalue weighted by Crippen LogP contribution is -2.23. The number of oxime groups is 1. The van der Waals surface area contributed by atoms with E-state index in [1.165, 1.54) is 56.4 Å². The standard InChI is InChI=1S/C10H22O3S.C8H6F3NO/c1-2-3-4-5-6-7-8-9-10-14(11,12)13;9-8(10,11)7(12-13)6-4-2-1-3-5-6/h2-10H2,1H3,(H,11,12,13);1-5,13H. The first kappa shape index (κ1) is 25.4. The minimum Gasteiger partial charge on any atom is -0.410 e. The number of hydrogen-bond donors (Lipinski definition) is 2. The lowest BCUT2D eigenvalue weighted by atomic mass is 10.1. The number of rotatable bonds is 10. The first-order valence-electron chi connectivity index (χ1n) is 8.91. The number of nitrogens with zero attached hydrogens (tertiary/aromatic N) is 1. The number of benzene rings is 1. The van der Waals surface area contributed by atoms with Crippen molar-refractivity contribution >= 4 is 15.8 Å². The smallest absolute Gasteiger partial charge is 0.410 e. The van der Waals surface area contributed by atoms with Gasteiger partial charge in [0, 0.05) is 5.56 Å². The highest BCUT2D eigenvalue weighted by molar-refractivity contribution is 7.85. The molecule has 0 bridgehead atoms. The van der Waals surface area contributed by atoms with Crippen molar-refractivity contribution in [2.45, 2.75) is 64.5 Å². The normalized spacial score (nSPS) is 12.4. The van der Waals surface area contributed by atoms with Crippen molar-refractivity contribution in [1.29, 1.82) is 0 Å². The van der Waals surface area contributed by atoms with Gasteiger partial charge in [0.05, 0.1) is 5.75 Å².